The maximum atomic E-state index is 11.5. The van der Waals surface area contributed by atoms with Crippen molar-refractivity contribution >= 4 is 35.4 Å². The van der Waals surface area contributed by atoms with Gasteiger partial charge in [-0.2, -0.15) is 0 Å². The van der Waals surface area contributed by atoms with E-state index in [1.54, 1.807) is 0 Å². The van der Waals surface area contributed by atoms with Gasteiger partial charge in [0.1, 0.15) is 11.4 Å². The monoisotopic (exact) mass is 248 g/mol. The molecule has 1 saturated heterocycles. The van der Waals surface area contributed by atoms with Crippen LogP contribution in [0.3, 0.4) is 0 Å². The predicted molar refractivity (Wildman–Crippen MR) is 51.7 cm³/mol. The van der Waals surface area contributed by atoms with E-state index >= 15 is 0 Å². The van der Waals surface area contributed by atoms with Crippen LogP contribution in [0, 0.1) is 0 Å². The number of carboxylic acid groups (broad SMARTS) is 1. The lowest BCUT2D eigenvalue weighted by molar-refractivity contribution is -0.150. The molecule has 0 spiro atoms. The fraction of sp³-hybridized carbons (Fsp3) is 0.500. The third-order valence-corrected chi connectivity index (χ3v) is 2.21. The average Bonchev–Trinajstić information content (AvgIpc) is 2.15. The summed E-state index contributed by atoms with van der Waals surface area (Å²) in [6.07, 6.45) is -0.462. The summed E-state index contributed by atoms with van der Waals surface area (Å²) < 4.78 is 0. The van der Waals surface area contributed by atoms with Crippen molar-refractivity contribution in [1.82, 2.24) is 10.2 Å². The van der Waals surface area contributed by atoms with Crippen LogP contribution in [0.15, 0.2) is 0 Å². The Morgan fingerprint density at radius 1 is 1.56 bits per heavy atom. The molecule has 1 fully saturated rings. The lowest BCUT2D eigenvalue weighted by Gasteiger charge is -2.31. The largest absolute Gasteiger partial charge is 0.480 e. The van der Waals surface area contributed by atoms with Crippen LogP contribution in [0.4, 0.5) is 4.79 Å². The highest BCUT2D eigenvalue weighted by Gasteiger charge is 2.42. The van der Waals surface area contributed by atoms with Gasteiger partial charge in [0.05, 0.1) is 6.42 Å². The maximum Gasteiger partial charge on any atom is 0.331 e. The van der Waals surface area contributed by atoms with Gasteiger partial charge in [0.15, 0.2) is 0 Å². The second-order valence-corrected chi connectivity index (χ2v) is 3.89. The Morgan fingerprint density at radius 2 is 2.12 bits per heavy atom. The van der Waals surface area contributed by atoms with Crippen LogP contribution in [0.2, 0.25) is 0 Å². The summed E-state index contributed by atoms with van der Waals surface area (Å²) in [6, 6.07) is -2.55. The number of hydrogen-bond donors (Lipinski definition) is 2. The molecule has 2 unspecified atom stereocenters. The van der Waals surface area contributed by atoms with Gasteiger partial charge in [0.25, 0.3) is 0 Å². The van der Waals surface area contributed by atoms with E-state index in [1.165, 1.54) is 6.92 Å². The van der Waals surface area contributed by atoms with Crippen LogP contribution >= 0.6 is 11.6 Å². The van der Waals surface area contributed by atoms with E-state index in [1.807, 2.05) is 5.32 Å². The molecule has 0 aromatic carbocycles. The quantitative estimate of drug-likeness (QED) is 0.643. The smallest absolute Gasteiger partial charge is 0.331 e. The van der Waals surface area contributed by atoms with Crippen molar-refractivity contribution in [1.29, 1.82) is 0 Å². The Bertz CT molecular complexity index is 367. The van der Waals surface area contributed by atoms with Gasteiger partial charge in [0.2, 0.25) is 11.8 Å². The molecule has 16 heavy (non-hydrogen) atoms. The fourth-order valence-corrected chi connectivity index (χ4v) is 1.39. The standard InChI is InChI=1S/C8H9ClN2O5/c1-3(9)6(13)11-4(7(14)15)2-5(12)10-8(11)16/h3-4H,2H2,1H3,(H,14,15)(H,10,12,16). The lowest BCUT2D eigenvalue weighted by atomic mass is 10.1. The van der Waals surface area contributed by atoms with E-state index in [-0.39, 0.29) is 0 Å². The molecule has 2 N–H and O–H groups in total. The summed E-state index contributed by atoms with van der Waals surface area (Å²) in [5.41, 5.74) is 0. The maximum absolute atomic E-state index is 11.5. The number of carbonyl (C=O) groups excluding carboxylic acids is 3. The second-order valence-electron chi connectivity index (χ2n) is 3.24. The van der Waals surface area contributed by atoms with Crippen molar-refractivity contribution in [2.75, 3.05) is 0 Å². The Balaban J connectivity index is 3.01. The molecule has 0 aromatic heterocycles. The molecule has 0 bridgehead atoms. The molecule has 0 aromatic rings. The zero-order valence-corrected chi connectivity index (χ0v) is 9.02. The highest BCUT2D eigenvalue weighted by Crippen LogP contribution is 2.14. The number of rotatable bonds is 2. The van der Waals surface area contributed by atoms with Crippen LogP contribution < -0.4 is 5.32 Å². The number of halogens is 1. The number of aliphatic carboxylic acids is 1. The first-order chi connectivity index (χ1) is 7.34. The van der Waals surface area contributed by atoms with Gasteiger partial charge in [-0.05, 0) is 6.92 Å². The molecule has 1 aliphatic rings. The van der Waals surface area contributed by atoms with Crippen molar-refractivity contribution in [3.63, 3.8) is 0 Å². The van der Waals surface area contributed by atoms with Gasteiger partial charge >= 0.3 is 12.0 Å². The number of carbonyl (C=O) groups is 4. The number of amides is 4. The first kappa shape index (κ1) is 12.4. The van der Waals surface area contributed by atoms with Gasteiger partial charge in [-0.1, -0.05) is 0 Å². The number of hydrogen-bond acceptors (Lipinski definition) is 4. The van der Waals surface area contributed by atoms with Gasteiger partial charge in [-0.15, -0.1) is 11.6 Å². The Labute approximate surface area is 95.3 Å². The fourth-order valence-electron chi connectivity index (χ4n) is 1.28. The molecule has 7 nitrogen and oxygen atoms in total. The minimum absolute atomic E-state index is 0.460. The van der Waals surface area contributed by atoms with Crippen molar-refractivity contribution in [3.8, 4) is 0 Å². The molecular formula is C8H9ClN2O5. The van der Waals surface area contributed by atoms with Crippen LogP contribution in [0.25, 0.3) is 0 Å². The minimum Gasteiger partial charge on any atom is -0.480 e. The average molecular weight is 249 g/mol. The highest BCUT2D eigenvalue weighted by molar-refractivity contribution is 6.32. The van der Waals surface area contributed by atoms with E-state index < -0.39 is 41.7 Å². The topological polar surface area (TPSA) is 104 Å². The van der Waals surface area contributed by atoms with E-state index in [4.69, 9.17) is 16.7 Å². The third kappa shape index (κ3) is 2.30. The van der Waals surface area contributed by atoms with Crippen molar-refractivity contribution in [2.24, 2.45) is 0 Å². The summed E-state index contributed by atoms with van der Waals surface area (Å²) in [5, 5.41) is 9.62. The Morgan fingerprint density at radius 3 is 2.56 bits per heavy atom. The third-order valence-electron chi connectivity index (χ3n) is 2.02. The molecule has 1 aliphatic heterocycles. The predicted octanol–water partition coefficient (Wildman–Crippen LogP) is -0.465. The van der Waals surface area contributed by atoms with Crippen molar-refractivity contribution in [2.45, 2.75) is 24.8 Å². The van der Waals surface area contributed by atoms with Crippen LogP contribution in [-0.2, 0) is 14.4 Å². The Hall–Kier alpha value is -1.63. The molecule has 2 atom stereocenters. The molecule has 1 rings (SSSR count). The molecule has 1 heterocycles. The number of alkyl halides is 1. The van der Waals surface area contributed by atoms with Crippen LogP contribution in [0.1, 0.15) is 13.3 Å². The normalized spacial score (nSPS) is 22.6. The van der Waals surface area contributed by atoms with E-state index in [9.17, 15) is 19.2 Å². The molecule has 0 aliphatic carbocycles. The van der Waals surface area contributed by atoms with Crippen molar-refractivity contribution < 1.29 is 24.3 Å². The zero-order valence-electron chi connectivity index (χ0n) is 8.27. The molecule has 4 amide bonds. The van der Waals surface area contributed by atoms with Gasteiger partial charge < -0.3 is 5.11 Å². The highest BCUT2D eigenvalue weighted by atomic mass is 35.5. The van der Waals surface area contributed by atoms with E-state index in [2.05, 4.69) is 0 Å². The summed E-state index contributed by atoms with van der Waals surface area (Å²) >= 11 is 5.48. The van der Waals surface area contributed by atoms with Crippen LogP contribution in [-0.4, -0.2) is 45.2 Å². The molecule has 8 heteroatoms. The summed E-state index contributed by atoms with van der Waals surface area (Å²) in [4.78, 5) is 45.0. The number of carboxylic acids is 1. The molecule has 88 valence electrons. The minimum atomic E-state index is -1.49. The van der Waals surface area contributed by atoms with E-state index in [0.29, 0.717) is 4.90 Å². The number of imide groups is 2. The molecule has 0 saturated carbocycles. The number of nitrogens with one attached hydrogen (secondary N) is 1. The van der Waals surface area contributed by atoms with Gasteiger partial charge in [-0.3, -0.25) is 14.9 Å². The lowest BCUT2D eigenvalue weighted by Crippen LogP contribution is -2.60. The number of nitrogens with zero attached hydrogens (tertiary/aromatic N) is 1. The van der Waals surface area contributed by atoms with E-state index in [0.717, 1.165) is 0 Å². The summed E-state index contributed by atoms with van der Waals surface area (Å²) in [7, 11) is 0. The number of urea groups is 1. The molecule has 0 radical (unpaired) electrons. The second kappa shape index (κ2) is 4.48. The van der Waals surface area contributed by atoms with Crippen molar-refractivity contribution in [3.05, 3.63) is 0 Å². The van der Waals surface area contributed by atoms with Gasteiger partial charge in [0, 0.05) is 0 Å². The summed E-state index contributed by atoms with van der Waals surface area (Å²) in [5.74, 6) is -3.00. The first-order valence-corrected chi connectivity index (χ1v) is 4.82. The zero-order chi connectivity index (χ0) is 12.5. The molecular weight excluding hydrogens is 240 g/mol. The first-order valence-electron chi connectivity index (χ1n) is 4.38. The van der Waals surface area contributed by atoms with Gasteiger partial charge in [-0.25, -0.2) is 14.5 Å². The SMILES string of the molecule is CC(Cl)C(=O)N1C(=O)NC(=O)CC1C(=O)O. The summed E-state index contributed by atoms with van der Waals surface area (Å²) in [6.45, 7) is 1.31. The van der Waals surface area contributed by atoms with Crippen LogP contribution in [0.5, 0.6) is 0 Å². The Kier molecular flexibility index (Phi) is 3.48.